The van der Waals surface area contributed by atoms with Gasteiger partial charge in [0, 0.05) is 11.4 Å². The van der Waals surface area contributed by atoms with Crippen molar-refractivity contribution in [3.63, 3.8) is 0 Å². The molecule has 0 radical (unpaired) electrons. The highest BCUT2D eigenvalue weighted by atomic mass is 32.2. The first-order valence-corrected chi connectivity index (χ1v) is 10.2. The van der Waals surface area contributed by atoms with E-state index in [1.54, 1.807) is 37.1 Å². The molecule has 0 bridgehead atoms. The molecule has 4 nitrogen and oxygen atoms in total. The molecule has 4 rings (SSSR count). The van der Waals surface area contributed by atoms with Crippen LogP contribution in [-0.4, -0.2) is 21.9 Å². The minimum Gasteiger partial charge on any atom is -0.497 e. The Hall–Kier alpha value is -3.12. The molecule has 1 heterocycles. The molecule has 0 atom stereocenters. The van der Waals surface area contributed by atoms with Gasteiger partial charge in [-0.2, -0.15) is 0 Å². The van der Waals surface area contributed by atoms with Gasteiger partial charge in [-0.3, -0.25) is 4.57 Å². The largest absolute Gasteiger partial charge is 0.497 e. The predicted molar refractivity (Wildman–Crippen MR) is 114 cm³/mol. The molecule has 0 aliphatic rings. The zero-order valence-corrected chi connectivity index (χ0v) is 17.0. The van der Waals surface area contributed by atoms with Crippen molar-refractivity contribution in [3.05, 3.63) is 89.7 Å². The Labute approximate surface area is 173 Å². The first-order chi connectivity index (χ1) is 14.2. The van der Waals surface area contributed by atoms with Gasteiger partial charge in [-0.05, 0) is 48.9 Å². The van der Waals surface area contributed by atoms with Crippen LogP contribution in [0.4, 0.5) is 4.39 Å². The second kappa shape index (κ2) is 8.49. The van der Waals surface area contributed by atoms with Crippen LogP contribution in [0.15, 0.2) is 78.0 Å². The minimum absolute atomic E-state index is 0.319. The third-order valence-electron chi connectivity index (χ3n) is 4.57. The molecular formula is C23H20FN3OS. The van der Waals surface area contributed by atoms with Gasteiger partial charge in [0.15, 0.2) is 11.0 Å². The molecule has 146 valence electrons. The molecule has 0 amide bonds. The summed E-state index contributed by atoms with van der Waals surface area (Å²) in [5.74, 6) is 1.71. The lowest BCUT2D eigenvalue weighted by molar-refractivity contribution is 0.414. The Balaban J connectivity index is 1.71. The average molecular weight is 405 g/mol. The van der Waals surface area contributed by atoms with Crippen LogP contribution >= 0.6 is 11.8 Å². The van der Waals surface area contributed by atoms with Crippen molar-refractivity contribution in [3.8, 4) is 22.8 Å². The maximum Gasteiger partial charge on any atom is 0.196 e. The van der Waals surface area contributed by atoms with Crippen molar-refractivity contribution in [1.29, 1.82) is 0 Å². The van der Waals surface area contributed by atoms with Gasteiger partial charge >= 0.3 is 0 Å². The molecule has 0 fully saturated rings. The van der Waals surface area contributed by atoms with E-state index in [0.29, 0.717) is 22.3 Å². The number of nitrogens with zero attached hydrogens (tertiary/aromatic N) is 3. The van der Waals surface area contributed by atoms with E-state index in [4.69, 9.17) is 4.74 Å². The average Bonchev–Trinajstić information content (AvgIpc) is 3.17. The summed E-state index contributed by atoms with van der Waals surface area (Å²) in [5, 5.41) is 9.39. The Morgan fingerprint density at radius 3 is 2.34 bits per heavy atom. The lowest BCUT2D eigenvalue weighted by Gasteiger charge is -2.11. The van der Waals surface area contributed by atoms with Gasteiger partial charge < -0.3 is 4.74 Å². The number of hydrogen-bond acceptors (Lipinski definition) is 4. The molecule has 1 aromatic heterocycles. The van der Waals surface area contributed by atoms with Crippen molar-refractivity contribution >= 4 is 11.8 Å². The number of methoxy groups -OCH3 is 1. The van der Waals surface area contributed by atoms with Crippen LogP contribution in [-0.2, 0) is 5.75 Å². The Bertz CT molecular complexity index is 1110. The lowest BCUT2D eigenvalue weighted by atomic mass is 10.2. The van der Waals surface area contributed by atoms with E-state index < -0.39 is 0 Å². The highest BCUT2D eigenvalue weighted by Crippen LogP contribution is 2.31. The summed E-state index contributed by atoms with van der Waals surface area (Å²) < 4.78 is 21.6. The van der Waals surface area contributed by atoms with Crippen LogP contribution < -0.4 is 4.74 Å². The molecule has 0 N–H and O–H groups in total. The standard InChI is InChI=1S/C23H20FN3OS/c1-16-7-11-18(12-8-16)27-22(20-5-3-4-6-21(20)24)25-26-23(27)29-15-17-9-13-19(28-2)14-10-17/h3-14H,15H2,1-2H3. The van der Waals surface area contributed by atoms with Gasteiger partial charge in [0.1, 0.15) is 11.6 Å². The second-order valence-corrected chi connectivity index (χ2v) is 7.54. The predicted octanol–water partition coefficient (Wildman–Crippen LogP) is 5.68. The molecule has 6 heteroatoms. The maximum atomic E-state index is 14.5. The van der Waals surface area contributed by atoms with E-state index in [9.17, 15) is 4.39 Å². The highest BCUT2D eigenvalue weighted by molar-refractivity contribution is 7.98. The van der Waals surface area contributed by atoms with Crippen LogP contribution in [0, 0.1) is 12.7 Å². The van der Waals surface area contributed by atoms with Crippen molar-refractivity contribution < 1.29 is 9.13 Å². The first-order valence-electron chi connectivity index (χ1n) is 9.19. The van der Waals surface area contributed by atoms with E-state index in [1.165, 1.54) is 6.07 Å². The Morgan fingerprint density at radius 2 is 1.66 bits per heavy atom. The molecular weight excluding hydrogens is 385 g/mol. The normalized spacial score (nSPS) is 10.9. The van der Waals surface area contributed by atoms with Gasteiger partial charge in [-0.1, -0.05) is 53.7 Å². The molecule has 0 aliphatic carbocycles. The van der Waals surface area contributed by atoms with Gasteiger partial charge in [0.25, 0.3) is 0 Å². The molecule has 3 aromatic carbocycles. The highest BCUT2D eigenvalue weighted by Gasteiger charge is 2.18. The lowest BCUT2D eigenvalue weighted by Crippen LogP contribution is -2.01. The SMILES string of the molecule is COc1ccc(CSc2nnc(-c3ccccc3F)n2-c2ccc(C)cc2)cc1. The zero-order chi connectivity index (χ0) is 20.2. The summed E-state index contributed by atoms with van der Waals surface area (Å²) >= 11 is 1.56. The van der Waals surface area contributed by atoms with Gasteiger partial charge in [0.2, 0.25) is 0 Å². The van der Waals surface area contributed by atoms with Crippen LogP contribution in [0.2, 0.25) is 0 Å². The summed E-state index contributed by atoms with van der Waals surface area (Å²) in [7, 11) is 1.65. The van der Waals surface area contributed by atoms with Crippen LogP contribution in [0.1, 0.15) is 11.1 Å². The molecule has 0 aliphatic heterocycles. The zero-order valence-electron chi connectivity index (χ0n) is 16.2. The molecule has 29 heavy (non-hydrogen) atoms. The Morgan fingerprint density at radius 1 is 0.931 bits per heavy atom. The summed E-state index contributed by atoms with van der Waals surface area (Å²) in [6.45, 7) is 2.03. The number of rotatable bonds is 6. The number of aryl methyl sites for hydroxylation is 1. The topological polar surface area (TPSA) is 39.9 Å². The van der Waals surface area contributed by atoms with Gasteiger partial charge in [-0.25, -0.2) is 4.39 Å². The van der Waals surface area contributed by atoms with Crippen molar-refractivity contribution in [2.45, 2.75) is 17.8 Å². The first kappa shape index (κ1) is 19.2. The summed E-state index contributed by atoms with van der Waals surface area (Å²) in [6, 6.07) is 22.6. The summed E-state index contributed by atoms with van der Waals surface area (Å²) in [5.41, 5.74) is 3.62. The number of benzene rings is 3. The summed E-state index contributed by atoms with van der Waals surface area (Å²) in [6.07, 6.45) is 0. The fourth-order valence-electron chi connectivity index (χ4n) is 2.98. The van der Waals surface area contributed by atoms with Gasteiger partial charge in [0.05, 0.1) is 12.7 Å². The van der Waals surface area contributed by atoms with Crippen molar-refractivity contribution in [2.75, 3.05) is 7.11 Å². The van der Waals surface area contributed by atoms with Crippen LogP contribution in [0.25, 0.3) is 17.1 Å². The number of aromatic nitrogens is 3. The van der Waals surface area contributed by atoms with Crippen molar-refractivity contribution in [1.82, 2.24) is 14.8 Å². The number of thioether (sulfide) groups is 1. The maximum absolute atomic E-state index is 14.5. The quantitative estimate of drug-likeness (QED) is 0.387. The molecule has 0 spiro atoms. The molecule has 0 saturated carbocycles. The summed E-state index contributed by atoms with van der Waals surface area (Å²) in [4.78, 5) is 0. The second-order valence-electron chi connectivity index (χ2n) is 6.59. The van der Waals surface area contributed by atoms with Crippen LogP contribution in [0.3, 0.4) is 0 Å². The fourth-order valence-corrected chi connectivity index (χ4v) is 3.88. The molecule has 4 aromatic rings. The third-order valence-corrected chi connectivity index (χ3v) is 5.57. The molecule has 0 saturated heterocycles. The van der Waals surface area contributed by atoms with Gasteiger partial charge in [-0.15, -0.1) is 10.2 Å². The van der Waals surface area contributed by atoms with Crippen LogP contribution in [0.5, 0.6) is 5.75 Å². The minimum atomic E-state index is -0.319. The van der Waals surface area contributed by atoms with E-state index in [0.717, 1.165) is 22.6 Å². The van der Waals surface area contributed by atoms with Crippen molar-refractivity contribution in [2.24, 2.45) is 0 Å². The smallest absolute Gasteiger partial charge is 0.196 e. The van der Waals surface area contributed by atoms with E-state index in [2.05, 4.69) is 10.2 Å². The number of hydrogen-bond donors (Lipinski definition) is 0. The van der Waals surface area contributed by atoms with E-state index in [-0.39, 0.29) is 5.82 Å². The fraction of sp³-hybridized carbons (Fsp3) is 0.130. The number of ether oxygens (including phenoxy) is 1. The molecule has 0 unspecified atom stereocenters. The third kappa shape index (κ3) is 4.17. The van der Waals surface area contributed by atoms with E-state index in [1.807, 2.05) is 60.0 Å². The Kier molecular flexibility index (Phi) is 5.62. The monoisotopic (exact) mass is 405 g/mol. The van der Waals surface area contributed by atoms with E-state index >= 15 is 0 Å². The number of halogens is 1.